The van der Waals surface area contributed by atoms with Crippen molar-refractivity contribution in [1.29, 1.82) is 5.26 Å². The number of nitriles is 1. The number of amides is 5. The second-order valence-corrected chi connectivity index (χ2v) is 19.2. The normalized spacial score (nSPS) is 26.1. The standard InChI is InChI=1S/C46H52ClFN8O6/c1-25-22-53(23-26(2)55(25)36-19-32-31(18-34(36)48)41(60)56(42(32)61)35-10-12-38(57)51-40(35)59)24-27-13-15-54(16-14-27)37-11-8-29(21-50-37)39(58)52-43-45(3,4)44(46(43,5)6)62-30-9-7-28(20-49)33(47)17-30/h7-9,11,17-19,21,25-27,35,43-44H,10,12-16,22-24H2,1-6H3,(H,52,58)(H,51,57,59). The molecule has 1 aliphatic carbocycles. The van der Waals surface area contributed by atoms with Crippen molar-refractivity contribution in [3.8, 4) is 11.8 Å². The molecule has 4 fully saturated rings. The monoisotopic (exact) mass is 866 g/mol. The summed E-state index contributed by atoms with van der Waals surface area (Å²) in [7, 11) is 0. The molecule has 14 nitrogen and oxygen atoms in total. The molecule has 5 aliphatic rings. The van der Waals surface area contributed by atoms with E-state index in [1.54, 1.807) is 24.4 Å². The van der Waals surface area contributed by atoms with Gasteiger partial charge in [-0.1, -0.05) is 39.3 Å². The number of nitrogens with one attached hydrogen (secondary N) is 2. The number of fused-ring (bicyclic) bond motifs is 1. The molecular formula is C46H52ClFN8O6. The fourth-order valence-corrected chi connectivity index (χ4v) is 11.2. The molecule has 16 heteroatoms. The lowest BCUT2D eigenvalue weighted by molar-refractivity contribution is -0.164. The van der Waals surface area contributed by atoms with Gasteiger partial charge in [0.1, 0.15) is 35.6 Å². The van der Waals surface area contributed by atoms with Gasteiger partial charge in [0.2, 0.25) is 11.8 Å². The first kappa shape index (κ1) is 43.1. The highest BCUT2D eigenvalue weighted by Crippen LogP contribution is 2.55. The van der Waals surface area contributed by atoms with Gasteiger partial charge in [-0.15, -0.1) is 0 Å². The summed E-state index contributed by atoms with van der Waals surface area (Å²) in [4.78, 5) is 76.6. The molecule has 8 rings (SSSR count). The molecule has 1 saturated carbocycles. The lowest BCUT2D eigenvalue weighted by atomic mass is 9.49. The molecule has 62 heavy (non-hydrogen) atoms. The smallest absolute Gasteiger partial charge is 0.262 e. The molecule has 2 aromatic carbocycles. The Morgan fingerprint density at radius 2 is 1.63 bits per heavy atom. The SMILES string of the molecule is CC1CN(CC2CCN(c3ccc(C(=O)NC4C(C)(C)C(Oc5ccc(C#N)c(Cl)c5)C4(C)C)cn3)CC2)CC(C)N1c1cc2c(cc1F)C(=O)N(C1CCC(=O)NC1=O)C2=O. The molecule has 3 saturated heterocycles. The van der Waals surface area contributed by atoms with Gasteiger partial charge in [-0.25, -0.2) is 9.37 Å². The van der Waals surface area contributed by atoms with Crippen LogP contribution in [0, 0.1) is 33.9 Å². The van der Waals surface area contributed by atoms with Crippen molar-refractivity contribution in [2.75, 3.05) is 42.5 Å². The highest BCUT2D eigenvalue weighted by atomic mass is 35.5. The summed E-state index contributed by atoms with van der Waals surface area (Å²) in [6.07, 6.45) is 3.40. The Kier molecular flexibility index (Phi) is 11.3. The van der Waals surface area contributed by atoms with Crippen molar-refractivity contribution in [3.63, 3.8) is 0 Å². The van der Waals surface area contributed by atoms with Gasteiger partial charge in [0, 0.05) is 80.4 Å². The average Bonchev–Trinajstić information content (AvgIpc) is 3.46. The summed E-state index contributed by atoms with van der Waals surface area (Å²) < 4.78 is 22.2. The minimum atomic E-state index is -1.12. The van der Waals surface area contributed by atoms with Gasteiger partial charge in [0.05, 0.1) is 33.0 Å². The maximum atomic E-state index is 15.8. The first-order chi connectivity index (χ1) is 29.4. The molecule has 3 aromatic rings. The van der Waals surface area contributed by atoms with Crippen LogP contribution in [0.15, 0.2) is 48.7 Å². The lowest BCUT2D eigenvalue weighted by Gasteiger charge is -2.63. The van der Waals surface area contributed by atoms with E-state index in [0.29, 0.717) is 40.9 Å². The number of halogens is 2. The van der Waals surface area contributed by atoms with Crippen molar-refractivity contribution < 1.29 is 33.1 Å². The molecule has 2 N–H and O–H groups in total. The molecule has 0 radical (unpaired) electrons. The van der Waals surface area contributed by atoms with Crippen LogP contribution in [0.4, 0.5) is 15.9 Å². The number of pyridine rings is 1. The number of imide groups is 2. The highest BCUT2D eigenvalue weighted by molar-refractivity contribution is 6.31. The van der Waals surface area contributed by atoms with Crippen LogP contribution in [0.1, 0.15) is 104 Å². The van der Waals surface area contributed by atoms with Crippen molar-refractivity contribution in [2.45, 2.75) is 97.5 Å². The van der Waals surface area contributed by atoms with Gasteiger partial charge >= 0.3 is 0 Å². The van der Waals surface area contributed by atoms with E-state index < -0.39 is 46.3 Å². The van der Waals surface area contributed by atoms with Crippen LogP contribution in [0.3, 0.4) is 0 Å². The van der Waals surface area contributed by atoms with Crippen molar-refractivity contribution >= 4 is 52.6 Å². The van der Waals surface area contributed by atoms with Crippen LogP contribution >= 0.6 is 11.6 Å². The van der Waals surface area contributed by atoms with Crippen LogP contribution in [0.2, 0.25) is 5.02 Å². The maximum absolute atomic E-state index is 15.8. The molecule has 0 bridgehead atoms. The number of hydrogen-bond donors (Lipinski definition) is 2. The molecular weight excluding hydrogens is 815 g/mol. The van der Waals surface area contributed by atoms with Crippen LogP contribution in [0.25, 0.3) is 0 Å². The molecule has 5 heterocycles. The number of aromatic nitrogens is 1. The summed E-state index contributed by atoms with van der Waals surface area (Å²) in [6.45, 7) is 16.3. The van der Waals surface area contributed by atoms with Crippen molar-refractivity contribution in [3.05, 3.63) is 81.8 Å². The molecule has 0 spiro atoms. The van der Waals surface area contributed by atoms with Gasteiger partial charge in [-0.3, -0.25) is 39.1 Å². The van der Waals surface area contributed by atoms with Gasteiger partial charge < -0.3 is 19.9 Å². The van der Waals surface area contributed by atoms with E-state index in [1.807, 2.05) is 30.9 Å². The summed E-state index contributed by atoms with van der Waals surface area (Å²) in [6, 6.07) is 11.9. The Hall–Kier alpha value is -5.59. The van der Waals surface area contributed by atoms with Gasteiger partial charge in [0.25, 0.3) is 17.7 Å². The summed E-state index contributed by atoms with van der Waals surface area (Å²) >= 11 is 6.25. The number of hydrogen-bond acceptors (Lipinski definition) is 11. The maximum Gasteiger partial charge on any atom is 0.262 e. The summed E-state index contributed by atoms with van der Waals surface area (Å²) in [5, 5.41) is 15.0. The topological polar surface area (TPSA) is 168 Å². The van der Waals surface area contributed by atoms with Crippen LogP contribution in [-0.4, -0.2) is 107 Å². The molecule has 1 aromatic heterocycles. The largest absolute Gasteiger partial charge is 0.489 e. The molecule has 5 amide bonds. The van der Waals surface area contributed by atoms with Crippen LogP contribution < -0.4 is 25.2 Å². The molecule has 3 unspecified atom stereocenters. The Morgan fingerprint density at radius 1 is 0.968 bits per heavy atom. The van der Waals surface area contributed by atoms with E-state index in [4.69, 9.17) is 21.3 Å². The molecule has 4 aliphatic heterocycles. The van der Waals surface area contributed by atoms with Crippen LogP contribution in [-0.2, 0) is 9.59 Å². The second-order valence-electron chi connectivity index (χ2n) is 18.8. The predicted octanol–water partition coefficient (Wildman–Crippen LogP) is 5.57. The number of piperidine rings is 2. The van der Waals surface area contributed by atoms with E-state index in [0.717, 1.165) is 49.3 Å². The first-order valence-electron chi connectivity index (χ1n) is 21.3. The molecule has 326 valence electrons. The fraction of sp³-hybridized carbons (Fsp3) is 0.500. The van der Waals surface area contributed by atoms with Gasteiger partial charge in [-0.05, 0) is 75.4 Å². The van der Waals surface area contributed by atoms with Gasteiger partial charge in [-0.2, -0.15) is 5.26 Å². The van der Waals surface area contributed by atoms with E-state index in [2.05, 4.69) is 54.2 Å². The minimum absolute atomic E-state index is 0.00742. The zero-order chi connectivity index (χ0) is 44.4. The minimum Gasteiger partial charge on any atom is -0.489 e. The number of piperazine rings is 1. The van der Waals surface area contributed by atoms with E-state index >= 15 is 4.39 Å². The number of nitrogens with zero attached hydrogens (tertiary/aromatic N) is 6. The van der Waals surface area contributed by atoms with Gasteiger partial charge in [0.15, 0.2) is 0 Å². The zero-order valence-electron chi connectivity index (χ0n) is 35.8. The number of ether oxygens (including phenoxy) is 1. The summed E-state index contributed by atoms with van der Waals surface area (Å²) in [5.41, 5.74) is 0.318. The summed E-state index contributed by atoms with van der Waals surface area (Å²) in [5.74, 6) is -1.50. The Balaban J connectivity index is 0.827. The Labute approximate surface area is 365 Å². The Bertz CT molecular complexity index is 2350. The first-order valence-corrected chi connectivity index (χ1v) is 21.7. The number of rotatable bonds is 9. The highest BCUT2D eigenvalue weighted by Gasteiger charge is 2.64. The number of carbonyl (C=O) groups is 5. The van der Waals surface area contributed by atoms with Crippen molar-refractivity contribution in [2.24, 2.45) is 16.7 Å². The number of carbonyl (C=O) groups excluding carboxylic acids is 5. The number of anilines is 2. The Morgan fingerprint density at radius 3 is 2.23 bits per heavy atom. The van der Waals surface area contributed by atoms with Crippen molar-refractivity contribution in [1.82, 2.24) is 25.4 Å². The van der Waals surface area contributed by atoms with E-state index in [1.165, 1.54) is 6.07 Å². The quantitative estimate of drug-likeness (QED) is 0.258. The predicted molar refractivity (Wildman–Crippen MR) is 229 cm³/mol. The fourth-order valence-electron chi connectivity index (χ4n) is 11.0. The number of benzene rings is 2. The third-order valence-electron chi connectivity index (χ3n) is 13.7. The lowest BCUT2D eigenvalue weighted by Crippen LogP contribution is -2.74. The zero-order valence-corrected chi connectivity index (χ0v) is 36.6. The van der Waals surface area contributed by atoms with E-state index in [-0.39, 0.29) is 59.8 Å². The average molecular weight is 867 g/mol. The third kappa shape index (κ3) is 7.65. The van der Waals surface area contributed by atoms with Crippen LogP contribution in [0.5, 0.6) is 5.75 Å². The second kappa shape index (κ2) is 16.3. The van der Waals surface area contributed by atoms with E-state index in [9.17, 15) is 29.2 Å². The third-order valence-corrected chi connectivity index (χ3v) is 14.0. The molecule has 3 atom stereocenters.